The van der Waals surface area contributed by atoms with Crippen molar-refractivity contribution < 1.29 is 19.1 Å². The first-order valence-corrected chi connectivity index (χ1v) is 16.1. The Bertz CT molecular complexity index is 1900. The number of benzene rings is 2. The number of allylic oxidation sites excluding steroid dienone is 1. The summed E-state index contributed by atoms with van der Waals surface area (Å²) in [5.74, 6) is 0.739. The third kappa shape index (κ3) is 7.20. The van der Waals surface area contributed by atoms with Crippen LogP contribution in [0.25, 0.3) is 33.6 Å². The van der Waals surface area contributed by atoms with E-state index in [1.807, 2.05) is 36.4 Å². The number of aromatic nitrogens is 4. The van der Waals surface area contributed by atoms with Gasteiger partial charge in [-0.05, 0) is 6.42 Å². The predicted octanol–water partition coefficient (Wildman–Crippen LogP) is 4.75. The summed E-state index contributed by atoms with van der Waals surface area (Å²) in [6, 6.07) is 11.4. The van der Waals surface area contributed by atoms with Crippen molar-refractivity contribution in [2.24, 2.45) is 0 Å². The highest BCUT2D eigenvalue weighted by molar-refractivity contribution is 6.39. The monoisotopic (exact) mass is 688 g/mol. The van der Waals surface area contributed by atoms with Gasteiger partial charge in [0.15, 0.2) is 0 Å². The molecule has 2 amide bonds. The van der Waals surface area contributed by atoms with Gasteiger partial charge in [0.1, 0.15) is 11.4 Å². The Morgan fingerprint density at radius 1 is 0.917 bits per heavy atom. The van der Waals surface area contributed by atoms with Crippen molar-refractivity contribution in [2.45, 2.75) is 38.9 Å². The number of ether oxygens (including phenoxy) is 2. The molecule has 0 atom stereocenters. The van der Waals surface area contributed by atoms with Gasteiger partial charge in [-0.25, -0.2) is 9.97 Å². The highest BCUT2D eigenvalue weighted by Crippen LogP contribution is 2.42. The standard InChI is InChI=1S/C34H34Cl2N8O4/c1-19(45)40-21-16-44(17-21)18-29-34(48-3)43-27(15-39-29)25-9-5-7-23(32(25)36)22-6-4-8-24(31(22)35)26-14-38-28(33(42-26)47-2)13-37-12-20-10-11-30(46)41-20/h4-9,12,14-15,21,37H,10-11,13,16-18H2,1-3H3,(H,40,45)(H,41,46)/b20-12+. The molecule has 14 heteroatoms. The van der Waals surface area contributed by atoms with Crippen molar-refractivity contribution in [1.29, 1.82) is 0 Å². The molecule has 3 N–H and O–H groups in total. The zero-order valence-electron chi connectivity index (χ0n) is 26.6. The molecule has 2 aliphatic rings. The maximum absolute atomic E-state index is 11.4. The minimum absolute atomic E-state index is 0.0119. The summed E-state index contributed by atoms with van der Waals surface area (Å²) in [6.45, 7) is 3.90. The lowest BCUT2D eigenvalue weighted by Crippen LogP contribution is -2.58. The van der Waals surface area contributed by atoms with Gasteiger partial charge in [-0.15, -0.1) is 0 Å². The van der Waals surface area contributed by atoms with E-state index < -0.39 is 0 Å². The lowest BCUT2D eigenvalue weighted by molar-refractivity contribution is -0.121. The van der Waals surface area contributed by atoms with E-state index in [1.54, 1.807) is 25.7 Å². The van der Waals surface area contributed by atoms with Gasteiger partial charge >= 0.3 is 0 Å². The van der Waals surface area contributed by atoms with Crippen molar-refractivity contribution in [3.63, 3.8) is 0 Å². The molecule has 4 aromatic rings. The normalized spacial score (nSPS) is 15.6. The number of nitrogens with one attached hydrogen (secondary N) is 3. The largest absolute Gasteiger partial charge is 0.480 e. The van der Waals surface area contributed by atoms with Gasteiger partial charge in [-0.1, -0.05) is 59.6 Å². The number of amides is 2. The van der Waals surface area contributed by atoms with Crippen LogP contribution in [0.5, 0.6) is 11.8 Å². The van der Waals surface area contributed by atoms with Crippen LogP contribution in [-0.4, -0.2) is 70.0 Å². The van der Waals surface area contributed by atoms with E-state index in [-0.39, 0.29) is 17.9 Å². The van der Waals surface area contributed by atoms with Crippen LogP contribution in [-0.2, 0) is 22.7 Å². The predicted molar refractivity (Wildman–Crippen MR) is 182 cm³/mol. The molecule has 0 spiro atoms. The van der Waals surface area contributed by atoms with E-state index in [2.05, 4.69) is 30.8 Å². The lowest BCUT2D eigenvalue weighted by atomic mass is 9.98. The van der Waals surface area contributed by atoms with Crippen LogP contribution in [0, 0.1) is 0 Å². The minimum Gasteiger partial charge on any atom is -0.480 e. The maximum Gasteiger partial charge on any atom is 0.237 e. The van der Waals surface area contributed by atoms with Gasteiger partial charge in [0.05, 0.1) is 60.6 Å². The first-order chi connectivity index (χ1) is 23.2. The molecule has 0 aliphatic carbocycles. The fourth-order valence-electron chi connectivity index (χ4n) is 5.71. The number of hydrogen-bond donors (Lipinski definition) is 3. The molecule has 2 fully saturated rings. The Hall–Kier alpha value is -4.78. The molecule has 12 nitrogen and oxygen atoms in total. The van der Waals surface area contributed by atoms with Crippen LogP contribution >= 0.6 is 23.2 Å². The molecule has 6 rings (SSSR count). The number of nitrogens with zero attached hydrogens (tertiary/aromatic N) is 5. The molecular formula is C34H34Cl2N8O4. The minimum atomic E-state index is -0.0348. The van der Waals surface area contributed by atoms with Crippen molar-refractivity contribution in [3.8, 4) is 45.4 Å². The Labute approximate surface area is 287 Å². The van der Waals surface area contributed by atoms with E-state index in [9.17, 15) is 9.59 Å². The molecule has 0 bridgehead atoms. The van der Waals surface area contributed by atoms with Crippen molar-refractivity contribution in [1.82, 2.24) is 40.8 Å². The molecule has 0 unspecified atom stereocenters. The maximum atomic E-state index is 11.4. The number of likely N-dealkylation sites (tertiary alicyclic amines) is 1. The smallest absolute Gasteiger partial charge is 0.237 e. The highest BCUT2D eigenvalue weighted by Gasteiger charge is 2.29. The molecule has 2 aromatic heterocycles. The summed E-state index contributed by atoms with van der Waals surface area (Å²) in [4.78, 5) is 43.6. The van der Waals surface area contributed by atoms with E-state index in [1.165, 1.54) is 14.0 Å². The average Bonchev–Trinajstić information content (AvgIpc) is 3.48. The first kappa shape index (κ1) is 33.1. The number of methoxy groups -OCH3 is 2. The van der Waals surface area contributed by atoms with Crippen molar-refractivity contribution in [3.05, 3.63) is 82.1 Å². The van der Waals surface area contributed by atoms with Gasteiger partial charge in [0, 0.05) is 67.1 Å². The molecule has 48 heavy (non-hydrogen) atoms. The summed E-state index contributed by atoms with van der Waals surface area (Å²) < 4.78 is 11.2. The summed E-state index contributed by atoms with van der Waals surface area (Å²) in [7, 11) is 3.10. The Kier molecular flexibility index (Phi) is 10.0. The highest BCUT2D eigenvalue weighted by atomic mass is 35.5. The topological polar surface area (TPSA) is 143 Å². The summed E-state index contributed by atoms with van der Waals surface area (Å²) in [6.07, 6.45) is 6.26. The van der Waals surface area contributed by atoms with E-state index in [4.69, 9.17) is 42.6 Å². The number of halogens is 2. The number of carbonyl (C=O) groups excluding carboxylic acids is 2. The molecule has 248 valence electrons. The van der Waals surface area contributed by atoms with Crippen molar-refractivity contribution in [2.75, 3.05) is 27.3 Å². The molecule has 0 saturated carbocycles. The van der Waals surface area contributed by atoms with Gasteiger partial charge in [-0.3, -0.25) is 24.5 Å². The zero-order chi connectivity index (χ0) is 33.8. The third-order valence-corrected chi connectivity index (χ3v) is 8.87. The SMILES string of the molecule is COc1nc(-c2cccc(-c3cccc(-c4cnc(CN5CC(NC(C)=O)C5)c(OC)n4)c3Cl)c2Cl)cnc1CN/C=C1\CCC(=O)N1. The van der Waals surface area contributed by atoms with E-state index in [0.29, 0.717) is 92.8 Å². The van der Waals surface area contributed by atoms with Crippen molar-refractivity contribution >= 4 is 35.0 Å². The van der Waals surface area contributed by atoms with Gasteiger partial charge in [0.2, 0.25) is 23.6 Å². The van der Waals surface area contributed by atoms with Crippen LogP contribution in [0.2, 0.25) is 10.0 Å². The number of hydrogen-bond acceptors (Lipinski definition) is 10. The van der Waals surface area contributed by atoms with Gasteiger partial charge in [0.25, 0.3) is 0 Å². The zero-order valence-corrected chi connectivity index (χ0v) is 28.2. The second kappa shape index (κ2) is 14.5. The summed E-state index contributed by atoms with van der Waals surface area (Å²) in [5.41, 5.74) is 5.98. The quantitative estimate of drug-likeness (QED) is 0.202. The van der Waals surface area contributed by atoms with Gasteiger partial charge < -0.3 is 25.4 Å². The summed E-state index contributed by atoms with van der Waals surface area (Å²) in [5, 5.41) is 9.80. The van der Waals surface area contributed by atoms with Crippen LogP contribution in [0.3, 0.4) is 0 Å². The fourth-order valence-corrected chi connectivity index (χ4v) is 6.36. The Morgan fingerprint density at radius 2 is 1.48 bits per heavy atom. The lowest BCUT2D eigenvalue weighted by Gasteiger charge is -2.39. The van der Waals surface area contributed by atoms with Gasteiger partial charge in [-0.2, -0.15) is 0 Å². The molecule has 2 aromatic carbocycles. The molecule has 4 heterocycles. The van der Waals surface area contributed by atoms with E-state index >= 15 is 0 Å². The fraction of sp³-hybridized carbons (Fsp3) is 0.294. The van der Waals surface area contributed by atoms with Crippen LogP contribution in [0.15, 0.2) is 60.7 Å². The summed E-state index contributed by atoms with van der Waals surface area (Å²) >= 11 is 14.1. The molecule has 0 radical (unpaired) electrons. The number of carbonyl (C=O) groups is 2. The molecule has 2 aliphatic heterocycles. The van der Waals surface area contributed by atoms with Crippen LogP contribution in [0.4, 0.5) is 0 Å². The van der Waals surface area contributed by atoms with Crippen LogP contribution in [0.1, 0.15) is 31.2 Å². The number of rotatable bonds is 11. The second-order valence-corrected chi connectivity index (χ2v) is 12.2. The second-order valence-electron chi connectivity index (χ2n) is 11.4. The average molecular weight is 690 g/mol. The Balaban J connectivity index is 1.22. The first-order valence-electron chi connectivity index (χ1n) is 15.3. The van der Waals surface area contributed by atoms with Crippen LogP contribution < -0.4 is 25.4 Å². The Morgan fingerprint density at radius 3 is 2.02 bits per heavy atom. The van der Waals surface area contributed by atoms with E-state index in [0.717, 1.165) is 18.8 Å². The molecular weight excluding hydrogens is 655 g/mol. The molecule has 2 saturated heterocycles. The third-order valence-electron chi connectivity index (χ3n) is 8.05.